The number of halogens is 2. The van der Waals surface area contributed by atoms with Crippen LogP contribution in [0.15, 0.2) is 72.9 Å². The Morgan fingerprint density at radius 3 is 2.61 bits per heavy atom. The Morgan fingerprint density at radius 1 is 1.18 bits per heavy atom. The van der Waals surface area contributed by atoms with Crippen molar-refractivity contribution in [2.75, 3.05) is 18.2 Å². The predicted octanol–water partition coefficient (Wildman–Crippen LogP) is 7.02. The minimum absolute atomic E-state index is 0.0964. The largest absolute Gasteiger partial charge is 0.506 e. The number of aromatic hydroxyl groups is 1. The van der Waals surface area contributed by atoms with E-state index in [-0.39, 0.29) is 17.4 Å². The first-order valence-corrected chi connectivity index (χ1v) is 13.0. The number of aromatic nitrogens is 1. The summed E-state index contributed by atoms with van der Waals surface area (Å²) in [6.45, 7) is 0. The molecule has 0 bridgehead atoms. The van der Waals surface area contributed by atoms with Gasteiger partial charge in [0, 0.05) is 11.9 Å². The summed E-state index contributed by atoms with van der Waals surface area (Å²) in [5.41, 5.74) is 3.23. The van der Waals surface area contributed by atoms with E-state index in [1.807, 2.05) is 18.2 Å². The molecule has 0 atom stereocenters. The van der Waals surface area contributed by atoms with E-state index in [9.17, 15) is 9.90 Å². The Kier molecular flexibility index (Phi) is 7.69. The zero-order chi connectivity index (χ0) is 23.4. The Balaban J connectivity index is 1.39. The molecule has 0 fully saturated rings. The molecule has 2 N–H and O–H groups in total. The standard InChI is InChI=1S/C23H17Br2N3O3S2/c1-31-16-5-2-14(3-6-16)27-21(29)12-32-23-28-19-7-4-15(10-20(19)33-23)26-11-13-8-17(24)22(30)18(25)9-13/h2-11,30H,12H2,1H3,(H,27,29). The third-order valence-electron chi connectivity index (χ3n) is 4.45. The molecule has 4 aromatic rings. The normalized spacial score (nSPS) is 11.2. The zero-order valence-electron chi connectivity index (χ0n) is 17.2. The molecule has 0 aliphatic rings. The number of benzene rings is 3. The Bertz CT molecular complexity index is 1320. The second kappa shape index (κ2) is 10.7. The van der Waals surface area contributed by atoms with Crippen molar-refractivity contribution in [3.63, 3.8) is 0 Å². The number of carbonyl (C=O) groups is 1. The molecule has 0 spiro atoms. The zero-order valence-corrected chi connectivity index (χ0v) is 22.0. The number of hydrogen-bond acceptors (Lipinski definition) is 7. The van der Waals surface area contributed by atoms with E-state index >= 15 is 0 Å². The molecule has 1 amide bonds. The molecule has 10 heteroatoms. The number of thioether (sulfide) groups is 1. The van der Waals surface area contributed by atoms with Crippen LogP contribution in [0.3, 0.4) is 0 Å². The number of fused-ring (bicyclic) bond motifs is 1. The highest BCUT2D eigenvalue weighted by atomic mass is 79.9. The van der Waals surface area contributed by atoms with E-state index in [0.29, 0.717) is 8.95 Å². The molecule has 168 valence electrons. The number of phenolic OH excluding ortho intramolecular Hbond substituents is 1. The number of nitrogens with one attached hydrogen (secondary N) is 1. The van der Waals surface area contributed by atoms with Crippen LogP contribution < -0.4 is 10.1 Å². The second-order valence-electron chi connectivity index (χ2n) is 6.79. The summed E-state index contributed by atoms with van der Waals surface area (Å²) in [7, 11) is 1.60. The molecule has 6 nitrogen and oxygen atoms in total. The predicted molar refractivity (Wildman–Crippen MR) is 143 cm³/mol. The highest BCUT2D eigenvalue weighted by molar-refractivity contribution is 9.11. The summed E-state index contributed by atoms with van der Waals surface area (Å²) in [5.74, 6) is 1.06. The van der Waals surface area contributed by atoms with Gasteiger partial charge in [-0.15, -0.1) is 11.3 Å². The van der Waals surface area contributed by atoms with Gasteiger partial charge in [0.15, 0.2) is 4.34 Å². The van der Waals surface area contributed by atoms with Crippen molar-refractivity contribution in [1.29, 1.82) is 0 Å². The SMILES string of the molecule is COc1ccc(NC(=O)CSc2nc3ccc(N=Cc4cc(Br)c(O)c(Br)c4)cc3s2)cc1. The number of phenols is 1. The van der Waals surface area contributed by atoms with Crippen molar-refractivity contribution in [2.45, 2.75) is 4.34 Å². The first-order chi connectivity index (χ1) is 15.9. The molecule has 1 heterocycles. The third-order valence-corrected chi connectivity index (χ3v) is 7.82. The lowest BCUT2D eigenvalue weighted by molar-refractivity contribution is -0.113. The summed E-state index contributed by atoms with van der Waals surface area (Å²) in [6.07, 6.45) is 1.73. The summed E-state index contributed by atoms with van der Waals surface area (Å²) < 4.78 is 8.12. The van der Waals surface area contributed by atoms with E-state index in [1.54, 1.807) is 49.7 Å². The number of nitrogens with zero attached hydrogens (tertiary/aromatic N) is 2. The highest BCUT2D eigenvalue weighted by Crippen LogP contribution is 2.34. The number of hydrogen-bond donors (Lipinski definition) is 2. The monoisotopic (exact) mass is 605 g/mol. The van der Waals surface area contributed by atoms with Crippen LogP contribution in [0.5, 0.6) is 11.5 Å². The van der Waals surface area contributed by atoms with Gasteiger partial charge in [-0.2, -0.15) is 0 Å². The molecular weight excluding hydrogens is 590 g/mol. The number of thiazole rings is 1. The number of aliphatic imine (C=N–C) groups is 1. The number of ether oxygens (including phenoxy) is 1. The summed E-state index contributed by atoms with van der Waals surface area (Å²) >= 11 is 9.57. The van der Waals surface area contributed by atoms with Crippen LogP contribution in [-0.4, -0.2) is 35.1 Å². The van der Waals surface area contributed by atoms with Crippen molar-refractivity contribution < 1.29 is 14.6 Å². The fourth-order valence-electron chi connectivity index (χ4n) is 2.84. The maximum Gasteiger partial charge on any atom is 0.234 e. The van der Waals surface area contributed by atoms with Crippen LogP contribution in [0.2, 0.25) is 0 Å². The van der Waals surface area contributed by atoms with Crippen LogP contribution in [0.25, 0.3) is 10.2 Å². The molecule has 0 unspecified atom stereocenters. The topological polar surface area (TPSA) is 83.8 Å². The van der Waals surface area contributed by atoms with Crippen molar-refractivity contribution in [1.82, 2.24) is 4.98 Å². The molecule has 0 radical (unpaired) electrons. The molecule has 0 aliphatic heterocycles. The molecule has 3 aromatic carbocycles. The van der Waals surface area contributed by atoms with Crippen molar-refractivity contribution >= 4 is 88.7 Å². The highest BCUT2D eigenvalue weighted by Gasteiger charge is 2.09. The lowest BCUT2D eigenvalue weighted by atomic mass is 10.2. The van der Waals surface area contributed by atoms with E-state index in [2.05, 4.69) is 47.2 Å². The van der Waals surface area contributed by atoms with Gasteiger partial charge in [0.2, 0.25) is 5.91 Å². The van der Waals surface area contributed by atoms with E-state index in [1.165, 1.54) is 23.1 Å². The maximum atomic E-state index is 12.3. The average Bonchev–Trinajstić information content (AvgIpc) is 3.22. The number of amides is 1. The van der Waals surface area contributed by atoms with Gasteiger partial charge in [-0.3, -0.25) is 9.79 Å². The molecule has 33 heavy (non-hydrogen) atoms. The summed E-state index contributed by atoms with van der Waals surface area (Å²) in [4.78, 5) is 21.4. The van der Waals surface area contributed by atoms with Gasteiger partial charge in [-0.05, 0) is 92.0 Å². The first kappa shape index (κ1) is 23.7. The Hall–Kier alpha value is -2.40. The van der Waals surface area contributed by atoms with Gasteiger partial charge in [-0.25, -0.2) is 4.98 Å². The van der Waals surface area contributed by atoms with Crippen LogP contribution in [0, 0.1) is 0 Å². The van der Waals surface area contributed by atoms with Crippen molar-refractivity contribution in [3.8, 4) is 11.5 Å². The van der Waals surface area contributed by atoms with E-state index < -0.39 is 0 Å². The number of rotatable bonds is 7. The third kappa shape index (κ3) is 6.14. The van der Waals surface area contributed by atoms with Gasteiger partial charge in [0.05, 0.1) is 37.7 Å². The molecular formula is C23H17Br2N3O3S2. The molecule has 4 rings (SSSR count). The van der Waals surface area contributed by atoms with Gasteiger partial charge in [0.1, 0.15) is 11.5 Å². The summed E-state index contributed by atoms with van der Waals surface area (Å²) in [5, 5.41) is 12.7. The fraction of sp³-hybridized carbons (Fsp3) is 0.0870. The number of methoxy groups -OCH3 is 1. The lowest BCUT2D eigenvalue weighted by Crippen LogP contribution is -2.13. The van der Waals surface area contributed by atoms with E-state index in [0.717, 1.165) is 37.2 Å². The van der Waals surface area contributed by atoms with Gasteiger partial charge >= 0.3 is 0 Å². The van der Waals surface area contributed by atoms with Gasteiger partial charge in [0.25, 0.3) is 0 Å². The van der Waals surface area contributed by atoms with Crippen LogP contribution in [0.1, 0.15) is 5.56 Å². The van der Waals surface area contributed by atoms with Crippen molar-refractivity contribution in [2.24, 2.45) is 4.99 Å². The summed E-state index contributed by atoms with van der Waals surface area (Å²) in [6, 6.07) is 16.6. The smallest absolute Gasteiger partial charge is 0.234 e. The quantitative estimate of drug-likeness (QED) is 0.174. The van der Waals surface area contributed by atoms with Crippen LogP contribution >= 0.6 is 55.0 Å². The van der Waals surface area contributed by atoms with Gasteiger partial charge < -0.3 is 15.2 Å². The Labute approximate surface area is 215 Å². The minimum atomic E-state index is -0.0964. The lowest BCUT2D eigenvalue weighted by Gasteiger charge is -2.05. The maximum absolute atomic E-state index is 12.3. The molecule has 1 aromatic heterocycles. The fourth-order valence-corrected chi connectivity index (χ4v) is 5.97. The molecule has 0 saturated carbocycles. The first-order valence-electron chi connectivity index (χ1n) is 9.60. The van der Waals surface area contributed by atoms with Crippen LogP contribution in [0.4, 0.5) is 11.4 Å². The van der Waals surface area contributed by atoms with Gasteiger partial charge in [-0.1, -0.05) is 11.8 Å². The number of anilines is 1. The molecule has 0 saturated heterocycles. The van der Waals surface area contributed by atoms with Crippen LogP contribution in [-0.2, 0) is 4.79 Å². The second-order valence-corrected chi connectivity index (χ2v) is 10.8. The number of carbonyl (C=O) groups excluding carboxylic acids is 1. The van der Waals surface area contributed by atoms with E-state index in [4.69, 9.17) is 4.74 Å². The Morgan fingerprint density at radius 2 is 1.91 bits per heavy atom. The average molecular weight is 607 g/mol. The van der Waals surface area contributed by atoms with Crippen molar-refractivity contribution in [3.05, 3.63) is 69.1 Å². The molecule has 0 aliphatic carbocycles. The minimum Gasteiger partial charge on any atom is -0.506 e.